The number of aryl methyl sites for hydroxylation is 1. The first-order chi connectivity index (χ1) is 9.29. The van der Waals surface area contributed by atoms with Crippen LogP contribution in [-0.4, -0.2) is 15.8 Å². The zero-order valence-corrected chi connectivity index (χ0v) is 11.3. The lowest BCUT2D eigenvalue weighted by molar-refractivity contribution is -0.137. The molecule has 0 saturated carbocycles. The first-order valence-corrected chi connectivity index (χ1v) is 6.23. The zero-order chi connectivity index (χ0) is 14.9. The van der Waals surface area contributed by atoms with Crippen LogP contribution in [0.3, 0.4) is 0 Å². The summed E-state index contributed by atoms with van der Waals surface area (Å²) in [4.78, 5) is 0. The van der Waals surface area contributed by atoms with Crippen LogP contribution < -0.4 is 5.73 Å². The van der Waals surface area contributed by atoms with Gasteiger partial charge in [0, 0.05) is 30.8 Å². The molecule has 108 valence electrons. The molecular weight excluding hydrogens is 267 g/mol. The highest BCUT2D eigenvalue weighted by Crippen LogP contribution is 2.33. The lowest BCUT2D eigenvalue weighted by Gasteiger charge is -2.11. The summed E-state index contributed by atoms with van der Waals surface area (Å²) in [7, 11) is 1.76. The number of halogens is 3. The van der Waals surface area contributed by atoms with Crippen LogP contribution in [-0.2, 0) is 19.6 Å². The lowest BCUT2D eigenvalue weighted by Crippen LogP contribution is -2.20. The van der Waals surface area contributed by atoms with E-state index in [1.807, 2.05) is 6.92 Å². The second-order valence-corrected chi connectivity index (χ2v) is 4.89. The van der Waals surface area contributed by atoms with Crippen molar-refractivity contribution in [2.24, 2.45) is 12.8 Å². The molecule has 1 atom stereocenters. The van der Waals surface area contributed by atoms with Gasteiger partial charge in [-0.2, -0.15) is 18.3 Å². The molecule has 1 heterocycles. The molecule has 0 fully saturated rings. The molecule has 0 saturated heterocycles. The van der Waals surface area contributed by atoms with Crippen LogP contribution in [0, 0.1) is 0 Å². The Hall–Kier alpha value is -1.82. The summed E-state index contributed by atoms with van der Waals surface area (Å²) >= 11 is 0. The maximum Gasteiger partial charge on any atom is 0.416 e. The molecule has 20 heavy (non-hydrogen) atoms. The standard InChI is InChI=1S/C14H16F3N3/c1-9(18)6-13-12(8-19-20(13)2)10-4-3-5-11(7-10)14(15,16)17/h3-5,7-9H,6,18H2,1-2H3. The summed E-state index contributed by atoms with van der Waals surface area (Å²) in [6.07, 6.45) is -2.21. The second-order valence-electron chi connectivity index (χ2n) is 4.89. The van der Waals surface area contributed by atoms with Gasteiger partial charge in [-0.05, 0) is 24.6 Å². The van der Waals surface area contributed by atoms with E-state index in [0.717, 1.165) is 17.8 Å². The number of benzene rings is 1. The predicted molar refractivity (Wildman–Crippen MR) is 71.0 cm³/mol. The molecule has 0 aliphatic rings. The summed E-state index contributed by atoms with van der Waals surface area (Å²) < 4.78 is 39.9. The monoisotopic (exact) mass is 283 g/mol. The van der Waals surface area contributed by atoms with Crippen LogP contribution in [0.4, 0.5) is 13.2 Å². The molecule has 0 aliphatic heterocycles. The zero-order valence-electron chi connectivity index (χ0n) is 11.3. The molecule has 0 bridgehead atoms. The van der Waals surface area contributed by atoms with E-state index in [-0.39, 0.29) is 6.04 Å². The second kappa shape index (κ2) is 5.28. The van der Waals surface area contributed by atoms with Gasteiger partial charge in [0.05, 0.1) is 11.8 Å². The third-order valence-corrected chi connectivity index (χ3v) is 3.08. The fourth-order valence-corrected chi connectivity index (χ4v) is 2.11. The Morgan fingerprint density at radius 1 is 1.35 bits per heavy atom. The summed E-state index contributed by atoms with van der Waals surface area (Å²) in [5.41, 5.74) is 7.14. The lowest BCUT2D eigenvalue weighted by atomic mass is 10.0. The highest BCUT2D eigenvalue weighted by molar-refractivity contribution is 5.66. The Balaban J connectivity index is 2.47. The third kappa shape index (κ3) is 3.01. The van der Waals surface area contributed by atoms with Crippen LogP contribution in [0.25, 0.3) is 11.1 Å². The quantitative estimate of drug-likeness (QED) is 0.941. The van der Waals surface area contributed by atoms with E-state index < -0.39 is 11.7 Å². The predicted octanol–water partition coefficient (Wildman–Crippen LogP) is 3.00. The molecule has 2 aromatic rings. The SMILES string of the molecule is CC(N)Cc1c(-c2cccc(C(F)(F)F)c2)cnn1C. The van der Waals surface area contributed by atoms with Crippen molar-refractivity contribution in [2.45, 2.75) is 25.6 Å². The Kier molecular flexibility index (Phi) is 3.85. The largest absolute Gasteiger partial charge is 0.416 e. The van der Waals surface area contributed by atoms with E-state index in [2.05, 4.69) is 5.10 Å². The maximum absolute atomic E-state index is 12.8. The Labute approximate surface area is 115 Å². The molecule has 0 aliphatic carbocycles. The van der Waals surface area contributed by atoms with E-state index in [1.54, 1.807) is 24.0 Å². The molecule has 6 heteroatoms. The average molecular weight is 283 g/mol. The molecule has 3 nitrogen and oxygen atoms in total. The van der Waals surface area contributed by atoms with E-state index in [4.69, 9.17) is 5.73 Å². The number of hydrogen-bond acceptors (Lipinski definition) is 2. The van der Waals surface area contributed by atoms with Crippen LogP contribution in [0.1, 0.15) is 18.2 Å². The van der Waals surface area contributed by atoms with Crippen molar-refractivity contribution in [3.8, 4) is 11.1 Å². The van der Waals surface area contributed by atoms with Gasteiger partial charge in [-0.25, -0.2) is 0 Å². The van der Waals surface area contributed by atoms with E-state index in [1.165, 1.54) is 6.07 Å². The van der Waals surface area contributed by atoms with Crippen LogP contribution in [0.5, 0.6) is 0 Å². The van der Waals surface area contributed by atoms with Crippen LogP contribution >= 0.6 is 0 Å². The molecular formula is C14H16F3N3. The van der Waals surface area contributed by atoms with Gasteiger partial charge in [-0.1, -0.05) is 12.1 Å². The fourth-order valence-electron chi connectivity index (χ4n) is 2.11. The first-order valence-electron chi connectivity index (χ1n) is 6.23. The molecule has 1 unspecified atom stereocenters. The molecule has 2 rings (SSSR count). The van der Waals surface area contributed by atoms with Gasteiger partial charge in [0.2, 0.25) is 0 Å². The number of nitrogens with two attached hydrogens (primary N) is 1. The fraction of sp³-hybridized carbons (Fsp3) is 0.357. The smallest absolute Gasteiger partial charge is 0.328 e. The number of rotatable bonds is 3. The molecule has 2 N–H and O–H groups in total. The topological polar surface area (TPSA) is 43.8 Å². The molecule has 1 aromatic carbocycles. The number of aromatic nitrogens is 2. The third-order valence-electron chi connectivity index (χ3n) is 3.08. The number of nitrogens with zero attached hydrogens (tertiary/aromatic N) is 2. The highest BCUT2D eigenvalue weighted by Gasteiger charge is 2.30. The van der Waals surface area contributed by atoms with Gasteiger partial charge in [0.1, 0.15) is 0 Å². The molecule has 0 radical (unpaired) electrons. The Morgan fingerprint density at radius 2 is 2.05 bits per heavy atom. The maximum atomic E-state index is 12.8. The minimum atomic E-state index is -4.35. The van der Waals surface area contributed by atoms with Gasteiger partial charge < -0.3 is 5.73 Å². The molecule has 0 amide bonds. The van der Waals surface area contributed by atoms with Crippen molar-refractivity contribution in [1.82, 2.24) is 9.78 Å². The summed E-state index contributed by atoms with van der Waals surface area (Å²) in [6, 6.07) is 5.17. The van der Waals surface area contributed by atoms with E-state index in [9.17, 15) is 13.2 Å². The number of hydrogen-bond donors (Lipinski definition) is 1. The van der Waals surface area contributed by atoms with Crippen molar-refractivity contribution < 1.29 is 13.2 Å². The van der Waals surface area contributed by atoms with Gasteiger partial charge in [0.25, 0.3) is 0 Å². The Bertz CT molecular complexity index is 600. The van der Waals surface area contributed by atoms with Crippen molar-refractivity contribution in [3.63, 3.8) is 0 Å². The Morgan fingerprint density at radius 3 is 2.65 bits per heavy atom. The minimum Gasteiger partial charge on any atom is -0.328 e. The van der Waals surface area contributed by atoms with E-state index in [0.29, 0.717) is 17.5 Å². The van der Waals surface area contributed by atoms with Crippen molar-refractivity contribution >= 4 is 0 Å². The highest BCUT2D eigenvalue weighted by atomic mass is 19.4. The minimum absolute atomic E-state index is 0.0880. The van der Waals surface area contributed by atoms with E-state index >= 15 is 0 Å². The van der Waals surface area contributed by atoms with Crippen LogP contribution in [0.2, 0.25) is 0 Å². The van der Waals surface area contributed by atoms with Gasteiger partial charge >= 0.3 is 6.18 Å². The van der Waals surface area contributed by atoms with Crippen molar-refractivity contribution in [1.29, 1.82) is 0 Å². The summed E-state index contributed by atoms with van der Waals surface area (Å²) in [5, 5.41) is 4.12. The number of alkyl halides is 3. The summed E-state index contributed by atoms with van der Waals surface area (Å²) in [5.74, 6) is 0. The normalized spacial score (nSPS) is 13.5. The van der Waals surface area contributed by atoms with Gasteiger partial charge in [0.15, 0.2) is 0 Å². The van der Waals surface area contributed by atoms with Crippen LogP contribution in [0.15, 0.2) is 30.5 Å². The first kappa shape index (κ1) is 14.6. The molecule has 0 spiro atoms. The average Bonchev–Trinajstić information content (AvgIpc) is 2.70. The van der Waals surface area contributed by atoms with Crippen molar-refractivity contribution in [3.05, 3.63) is 41.7 Å². The van der Waals surface area contributed by atoms with Crippen molar-refractivity contribution in [2.75, 3.05) is 0 Å². The van der Waals surface area contributed by atoms with Gasteiger partial charge in [-0.3, -0.25) is 4.68 Å². The summed E-state index contributed by atoms with van der Waals surface area (Å²) in [6.45, 7) is 1.85. The van der Waals surface area contributed by atoms with Gasteiger partial charge in [-0.15, -0.1) is 0 Å². The molecule has 1 aromatic heterocycles.